The number of carbonyl (C=O) groups excluding carboxylic acids is 4. The van der Waals surface area contributed by atoms with Crippen LogP contribution in [-0.4, -0.2) is 59.7 Å². The predicted octanol–water partition coefficient (Wildman–Crippen LogP) is 5.18. The number of nitrogens with one attached hydrogen (secondary N) is 4. The number of rotatable bonds is 19. The van der Waals surface area contributed by atoms with Crippen LogP contribution in [0.5, 0.6) is 0 Å². The van der Waals surface area contributed by atoms with E-state index in [0.717, 1.165) is 28.3 Å². The van der Waals surface area contributed by atoms with Gasteiger partial charge in [-0.05, 0) is 46.6 Å². The van der Waals surface area contributed by atoms with E-state index < -0.39 is 42.1 Å². The average Bonchev–Trinajstić information content (AvgIpc) is 3.09. The molecule has 0 heterocycles. The topological polar surface area (TPSA) is 146 Å². The standard InChI is InChI=1S/C39H52N4O6/c1-6-14-32(37(46)42-33(21-26(3)4)35(44)23-36(45)40-24-27(5)7-2)41-38(47)34(43-39(48)49-25-28-15-9-8-10-16-28)22-30-19-13-18-29-17-11-12-20-31(29)30/h6,8-13,15-20,26-27,32-35,44H,1,7,14,21-25H2,2-5H3,(H,40,45)(H,41,47)(H,42,46)(H,43,48)/t27?,32-,33-,34-,35-/m0/s1. The van der Waals surface area contributed by atoms with Gasteiger partial charge < -0.3 is 31.1 Å². The lowest BCUT2D eigenvalue weighted by molar-refractivity contribution is -0.131. The molecular formula is C39H52N4O6. The molecule has 0 aliphatic rings. The number of aliphatic hydroxyl groups excluding tert-OH is 1. The molecule has 0 saturated heterocycles. The molecule has 0 aliphatic heterocycles. The molecule has 0 bridgehead atoms. The van der Waals surface area contributed by atoms with E-state index >= 15 is 0 Å². The second kappa shape index (κ2) is 20.0. The van der Waals surface area contributed by atoms with Crippen LogP contribution in [0.15, 0.2) is 85.5 Å². The van der Waals surface area contributed by atoms with Gasteiger partial charge in [0.25, 0.3) is 0 Å². The van der Waals surface area contributed by atoms with Crippen LogP contribution in [0.1, 0.15) is 64.5 Å². The summed E-state index contributed by atoms with van der Waals surface area (Å²) in [6.45, 7) is 12.3. The minimum absolute atomic E-state index is 0.0198. The molecule has 3 aromatic rings. The second-order valence-corrected chi connectivity index (χ2v) is 13.0. The van der Waals surface area contributed by atoms with Crippen molar-refractivity contribution in [2.24, 2.45) is 11.8 Å². The number of carbonyl (C=O) groups is 4. The van der Waals surface area contributed by atoms with E-state index in [1.165, 1.54) is 6.08 Å². The zero-order chi connectivity index (χ0) is 35.8. The van der Waals surface area contributed by atoms with Gasteiger partial charge in [-0.25, -0.2) is 4.79 Å². The Bertz CT molecular complexity index is 1520. The Kier molecular flexibility index (Phi) is 15.8. The number of hydrogen-bond donors (Lipinski definition) is 5. The lowest BCUT2D eigenvalue weighted by Gasteiger charge is -2.28. The maximum Gasteiger partial charge on any atom is 0.408 e. The summed E-state index contributed by atoms with van der Waals surface area (Å²) in [5, 5.41) is 24.1. The quantitative estimate of drug-likeness (QED) is 0.111. The zero-order valence-electron chi connectivity index (χ0n) is 29.1. The van der Waals surface area contributed by atoms with Crippen LogP contribution in [0.3, 0.4) is 0 Å². The van der Waals surface area contributed by atoms with Crippen molar-refractivity contribution < 1.29 is 29.0 Å². The molecule has 0 fully saturated rings. The summed E-state index contributed by atoms with van der Waals surface area (Å²) in [5.41, 5.74) is 1.62. The summed E-state index contributed by atoms with van der Waals surface area (Å²) in [6, 6.07) is 19.8. The molecule has 4 amide bonds. The Morgan fingerprint density at radius 1 is 0.857 bits per heavy atom. The van der Waals surface area contributed by atoms with Crippen molar-refractivity contribution in [2.75, 3.05) is 6.54 Å². The van der Waals surface area contributed by atoms with E-state index in [1.54, 1.807) is 0 Å². The van der Waals surface area contributed by atoms with E-state index in [-0.39, 0.29) is 37.7 Å². The van der Waals surface area contributed by atoms with Gasteiger partial charge in [0.05, 0.1) is 18.6 Å². The second-order valence-electron chi connectivity index (χ2n) is 13.0. The SMILES string of the molecule is C=CC[C@H](NC(=O)[C@H](Cc1cccc2ccccc12)NC(=O)OCc1ccccc1)C(=O)N[C@@H](CC(C)C)[C@@H](O)CC(=O)NCC(C)CC. The fourth-order valence-electron chi connectivity index (χ4n) is 5.42. The van der Waals surface area contributed by atoms with Crippen molar-refractivity contribution in [3.8, 4) is 0 Å². The van der Waals surface area contributed by atoms with E-state index in [2.05, 4.69) is 27.8 Å². The van der Waals surface area contributed by atoms with E-state index in [0.29, 0.717) is 18.9 Å². The number of amides is 4. The number of fused-ring (bicyclic) bond motifs is 1. The molecule has 1 unspecified atom stereocenters. The predicted molar refractivity (Wildman–Crippen MR) is 192 cm³/mol. The highest BCUT2D eigenvalue weighted by molar-refractivity contribution is 5.93. The van der Waals surface area contributed by atoms with Crippen LogP contribution >= 0.6 is 0 Å². The normalized spacial score (nSPS) is 14.2. The first-order valence-corrected chi connectivity index (χ1v) is 17.1. The molecule has 10 nitrogen and oxygen atoms in total. The highest BCUT2D eigenvalue weighted by Crippen LogP contribution is 2.20. The maximum absolute atomic E-state index is 13.9. The van der Waals surface area contributed by atoms with Gasteiger partial charge in [0.15, 0.2) is 0 Å². The van der Waals surface area contributed by atoms with Crippen LogP contribution in [0.4, 0.5) is 4.79 Å². The van der Waals surface area contributed by atoms with Gasteiger partial charge in [-0.3, -0.25) is 14.4 Å². The summed E-state index contributed by atoms with van der Waals surface area (Å²) < 4.78 is 5.43. The van der Waals surface area contributed by atoms with Crippen LogP contribution < -0.4 is 21.3 Å². The molecule has 5 N–H and O–H groups in total. The third-order valence-corrected chi connectivity index (χ3v) is 8.42. The Morgan fingerprint density at radius 3 is 2.22 bits per heavy atom. The number of ether oxygens (including phenoxy) is 1. The monoisotopic (exact) mass is 672 g/mol. The van der Waals surface area contributed by atoms with E-state index in [4.69, 9.17) is 4.74 Å². The number of benzene rings is 3. The number of hydrogen-bond acceptors (Lipinski definition) is 6. The summed E-state index contributed by atoms with van der Waals surface area (Å²) >= 11 is 0. The summed E-state index contributed by atoms with van der Waals surface area (Å²) in [6.07, 6.45) is 0.991. The largest absolute Gasteiger partial charge is 0.445 e. The van der Waals surface area contributed by atoms with Gasteiger partial charge in [-0.1, -0.05) is 113 Å². The minimum atomic E-state index is -1.14. The lowest BCUT2D eigenvalue weighted by Crippen LogP contribution is -2.57. The van der Waals surface area contributed by atoms with Gasteiger partial charge in [0.1, 0.15) is 18.7 Å². The highest BCUT2D eigenvalue weighted by atomic mass is 16.5. The van der Waals surface area contributed by atoms with Gasteiger partial charge in [-0.15, -0.1) is 6.58 Å². The summed E-state index contributed by atoms with van der Waals surface area (Å²) in [7, 11) is 0. The van der Waals surface area contributed by atoms with E-state index in [9.17, 15) is 24.3 Å². The van der Waals surface area contributed by atoms with Crippen molar-refractivity contribution in [1.82, 2.24) is 21.3 Å². The molecular weight excluding hydrogens is 620 g/mol. The third-order valence-electron chi connectivity index (χ3n) is 8.42. The molecule has 0 spiro atoms. The van der Waals surface area contributed by atoms with Crippen molar-refractivity contribution >= 4 is 34.6 Å². The zero-order valence-corrected chi connectivity index (χ0v) is 29.1. The van der Waals surface area contributed by atoms with Crippen LogP contribution in [-0.2, 0) is 32.1 Å². The Balaban J connectivity index is 1.77. The van der Waals surface area contributed by atoms with Crippen molar-refractivity contribution in [3.63, 3.8) is 0 Å². The summed E-state index contributed by atoms with van der Waals surface area (Å²) in [4.78, 5) is 53.1. The average molecular weight is 673 g/mol. The fourth-order valence-corrected chi connectivity index (χ4v) is 5.42. The first kappa shape index (κ1) is 38.7. The smallest absolute Gasteiger partial charge is 0.408 e. The highest BCUT2D eigenvalue weighted by Gasteiger charge is 2.31. The molecule has 0 radical (unpaired) electrons. The van der Waals surface area contributed by atoms with E-state index in [1.807, 2.05) is 100 Å². The van der Waals surface area contributed by atoms with Gasteiger partial charge in [0, 0.05) is 13.0 Å². The molecule has 0 aliphatic carbocycles. The molecule has 0 aromatic heterocycles. The van der Waals surface area contributed by atoms with Crippen molar-refractivity contribution in [3.05, 3.63) is 96.6 Å². The first-order chi connectivity index (χ1) is 23.5. The number of aliphatic hydroxyl groups is 1. The van der Waals surface area contributed by atoms with Crippen molar-refractivity contribution in [1.29, 1.82) is 0 Å². The maximum atomic E-state index is 13.9. The molecule has 5 atom stereocenters. The molecule has 3 rings (SSSR count). The molecule has 10 heteroatoms. The molecule has 264 valence electrons. The van der Waals surface area contributed by atoms with Crippen molar-refractivity contribution in [2.45, 2.75) is 90.6 Å². The van der Waals surface area contributed by atoms with Crippen LogP contribution in [0.25, 0.3) is 10.8 Å². The Labute approximate surface area is 290 Å². The van der Waals surface area contributed by atoms with Crippen LogP contribution in [0, 0.1) is 11.8 Å². The van der Waals surface area contributed by atoms with Gasteiger partial charge in [0.2, 0.25) is 17.7 Å². The van der Waals surface area contributed by atoms with Gasteiger partial charge >= 0.3 is 6.09 Å². The molecule has 0 saturated carbocycles. The van der Waals surface area contributed by atoms with Gasteiger partial charge in [-0.2, -0.15) is 0 Å². The lowest BCUT2D eigenvalue weighted by atomic mass is 9.96. The Morgan fingerprint density at radius 2 is 1.53 bits per heavy atom. The minimum Gasteiger partial charge on any atom is -0.445 e. The Hall–Kier alpha value is -4.70. The fraction of sp³-hybridized carbons (Fsp3) is 0.436. The first-order valence-electron chi connectivity index (χ1n) is 17.1. The molecule has 49 heavy (non-hydrogen) atoms. The summed E-state index contributed by atoms with van der Waals surface area (Å²) in [5.74, 6) is -1.01. The number of alkyl carbamates (subject to hydrolysis) is 1. The van der Waals surface area contributed by atoms with Crippen LogP contribution in [0.2, 0.25) is 0 Å². The molecule has 3 aromatic carbocycles. The third kappa shape index (κ3) is 13.0.